The predicted octanol–water partition coefficient (Wildman–Crippen LogP) is 1.99. The lowest BCUT2D eigenvalue weighted by molar-refractivity contribution is -0.143. The Morgan fingerprint density at radius 3 is 2.81 bits per heavy atom. The van der Waals surface area contributed by atoms with Gasteiger partial charge >= 0.3 is 5.97 Å². The number of fused-ring (bicyclic) bond motifs is 1. The van der Waals surface area contributed by atoms with Gasteiger partial charge in [-0.05, 0) is 30.0 Å². The van der Waals surface area contributed by atoms with E-state index in [4.69, 9.17) is 4.74 Å². The number of hydrogen-bond acceptors (Lipinski definition) is 5. The van der Waals surface area contributed by atoms with E-state index in [1.165, 1.54) is 4.90 Å². The molecule has 1 unspecified atom stereocenters. The van der Waals surface area contributed by atoms with Crippen LogP contribution in [0.2, 0.25) is 0 Å². The molecule has 0 fully saturated rings. The average Bonchev–Trinajstić information content (AvgIpc) is 3.17. The van der Waals surface area contributed by atoms with Gasteiger partial charge in [-0.1, -0.05) is 24.3 Å². The average molecular weight is 372 g/mol. The molecule has 0 saturated heterocycles. The lowest BCUT2D eigenvalue weighted by atomic mass is 9.98. The van der Waals surface area contributed by atoms with Crippen molar-refractivity contribution >= 4 is 29.1 Å². The zero-order valence-corrected chi connectivity index (χ0v) is 15.3. The first kappa shape index (κ1) is 18.1. The number of thiophene rings is 1. The highest BCUT2D eigenvalue weighted by molar-refractivity contribution is 7.09. The highest BCUT2D eigenvalue weighted by Gasteiger charge is 2.33. The standard InChI is InChI=1S/C19H20N2O4S/c1-2-21(12-17(22)20-11-14-7-5-9-26-14)18(23)16-10-13-6-3-4-8-15(13)19(24)25-16/h3-9,16H,2,10-12H2,1H3,(H,20,22). The molecule has 7 heteroatoms. The summed E-state index contributed by atoms with van der Waals surface area (Å²) in [4.78, 5) is 39.4. The maximum Gasteiger partial charge on any atom is 0.339 e. The summed E-state index contributed by atoms with van der Waals surface area (Å²) in [5.74, 6) is -1.08. The molecule has 0 aliphatic carbocycles. The molecule has 1 aromatic heterocycles. The molecule has 0 saturated carbocycles. The Hall–Kier alpha value is -2.67. The van der Waals surface area contributed by atoms with Crippen LogP contribution in [0, 0.1) is 0 Å². The summed E-state index contributed by atoms with van der Waals surface area (Å²) in [5, 5.41) is 4.74. The fourth-order valence-electron chi connectivity index (χ4n) is 2.85. The molecule has 1 atom stereocenters. The number of hydrogen-bond donors (Lipinski definition) is 1. The number of benzene rings is 1. The van der Waals surface area contributed by atoms with Gasteiger partial charge in [-0.3, -0.25) is 9.59 Å². The topological polar surface area (TPSA) is 75.7 Å². The van der Waals surface area contributed by atoms with Crippen molar-refractivity contribution in [3.05, 3.63) is 57.8 Å². The van der Waals surface area contributed by atoms with Crippen LogP contribution in [0.4, 0.5) is 0 Å². The van der Waals surface area contributed by atoms with Crippen LogP contribution in [0.3, 0.4) is 0 Å². The van der Waals surface area contributed by atoms with Gasteiger partial charge < -0.3 is 15.0 Å². The predicted molar refractivity (Wildman–Crippen MR) is 97.8 cm³/mol. The fourth-order valence-corrected chi connectivity index (χ4v) is 3.49. The number of nitrogens with zero attached hydrogens (tertiary/aromatic N) is 1. The molecule has 2 heterocycles. The summed E-state index contributed by atoms with van der Waals surface area (Å²) in [6.45, 7) is 2.54. The number of carbonyl (C=O) groups is 3. The van der Waals surface area contributed by atoms with E-state index >= 15 is 0 Å². The molecule has 136 valence electrons. The third-order valence-electron chi connectivity index (χ3n) is 4.24. The minimum absolute atomic E-state index is 0.0591. The molecule has 0 spiro atoms. The van der Waals surface area contributed by atoms with Crippen molar-refractivity contribution < 1.29 is 19.1 Å². The van der Waals surface area contributed by atoms with Crippen LogP contribution < -0.4 is 5.32 Å². The quantitative estimate of drug-likeness (QED) is 0.787. The number of esters is 1. The maximum atomic E-state index is 12.7. The van der Waals surface area contributed by atoms with E-state index in [2.05, 4.69) is 5.32 Å². The van der Waals surface area contributed by atoms with E-state index in [0.717, 1.165) is 10.4 Å². The number of likely N-dealkylation sites (N-methyl/N-ethyl adjacent to an activating group) is 1. The maximum absolute atomic E-state index is 12.7. The summed E-state index contributed by atoms with van der Waals surface area (Å²) in [5.41, 5.74) is 1.29. The van der Waals surface area contributed by atoms with Crippen LogP contribution in [0.5, 0.6) is 0 Å². The summed E-state index contributed by atoms with van der Waals surface area (Å²) in [7, 11) is 0. The molecule has 0 radical (unpaired) electrons. The Kier molecular flexibility index (Phi) is 5.68. The number of ether oxygens (including phenoxy) is 1. The van der Waals surface area contributed by atoms with Crippen LogP contribution >= 0.6 is 11.3 Å². The molecular formula is C19H20N2O4S. The third-order valence-corrected chi connectivity index (χ3v) is 5.11. The van der Waals surface area contributed by atoms with Crippen LogP contribution in [0.15, 0.2) is 41.8 Å². The minimum Gasteiger partial charge on any atom is -0.448 e. The van der Waals surface area contributed by atoms with E-state index < -0.39 is 12.1 Å². The van der Waals surface area contributed by atoms with Crippen molar-refractivity contribution in [1.82, 2.24) is 10.2 Å². The number of carbonyl (C=O) groups excluding carboxylic acids is 3. The number of cyclic esters (lactones) is 1. The molecule has 1 aliphatic rings. The smallest absolute Gasteiger partial charge is 0.339 e. The highest BCUT2D eigenvalue weighted by Crippen LogP contribution is 2.21. The first-order valence-electron chi connectivity index (χ1n) is 8.45. The van der Waals surface area contributed by atoms with Crippen LogP contribution in [-0.4, -0.2) is 41.9 Å². The van der Waals surface area contributed by atoms with Crippen molar-refractivity contribution in [1.29, 1.82) is 0 Å². The first-order chi connectivity index (χ1) is 12.6. The second-order valence-electron chi connectivity index (χ2n) is 5.96. The fraction of sp³-hybridized carbons (Fsp3) is 0.316. The minimum atomic E-state index is -0.887. The van der Waals surface area contributed by atoms with Crippen LogP contribution in [0.1, 0.15) is 27.7 Å². The van der Waals surface area contributed by atoms with Gasteiger partial charge in [-0.2, -0.15) is 0 Å². The normalized spacial score (nSPS) is 15.7. The number of nitrogens with one attached hydrogen (secondary N) is 1. The van der Waals surface area contributed by atoms with Gasteiger partial charge in [-0.25, -0.2) is 4.79 Å². The Morgan fingerprint density at radius 1 is 1.27 bits per heavy atom. The molecule has 1 aliphatic heterocycles. The first-order valence-corrected chi connectivity index (χ1v) is 9.33. The molecule has 0 bridgehead atoms. The van der Waals surface area contributed by atoms with Gasteiger partial charge in [0.05, 0.1) is 18.7 Å². The molecule has 3 rings (SSSR count). The zero-order valence-electron chi connectivity index (χ0n) is 14.4. The van der Waals surface area contributed by atoms with Gasteiger partial charge in [0.1, 0.15) is 0 Å². The van der Waals surface area contributed by atoms with Gasteiger partial charge in [0.25, 0.3) is 5.91 Å². The Labute approximate surface area is 155 Å². The molecular weight excluding hydrogens is 352 g/mol. The van der Waals surface area contributed by atoms with Crippen molar-refractivity contribution in [2.75, 3.05) is 13.1 Å². The van der Waals surface area contributed by atoms with Gasteiger partial charge in [0, 0.05) is 17.8 Å². The monoisotopic (exact) mass is 372 g/mol. The van der Waals surface area contributed by atoms with Crippen molar-refractivity contribution in [3.63, 3.8) is 0 Å². The van der Waals surface area contributed by atoms with Crippen molar-refractivity contribution in [3.8, 4) is 0 Å². The van der Waals surface area contributed by atoms with Crippen molar-refractivity contribution in [2.24, 2.45) is 0 Å². The molecule has 2 amide bonds. The molecule has 1 N–H and O–H groups in total. The molecule has 26 heavy (non-hydrogen) atoms. The molecule has 2 aromatic rings. The second kappa shape index (κ2) is 8.14. The lowest BCUT2D eigenvalue weighted by Crippen LogP contribution is -2.48. The van der Waals surface area contributed by atoms with Gasteiger partial charge in [0.15, 0.2) is 6.10 Å². The summed E-state index contributed by atoms with van der Waals surface area (Å²) in [6.07, 6.45) is -0.559. The molecule has 1 aromatic carbocycles. The summed E-state index contributed by atoms with van der Waals surface area (Å²) >= 11 is 1.56. The number of rotatable bonds is 6. The van der Waals surface area contributed by atoms with Gasteiger partial charge in [-0.15, -0.1) is 11.3 Å². The SMILES string of the molecule is CCN(CC(=O)NCc1cccs1)C(=O)C1Cc2ccccc2C(=O)O1. The lowest BCUT2D eigenvalue weighted by Gasteiger charge is -2.28. The van der Waals surface area contributed by atoms with Crippen molar-refractivity contribution in [2.45, 2.75) is 26.0 Å². The molecule has 6 nitrogen and oxygen atoms in total. The van der Waals surface area contributed by atoms with E-state index in [0.29, 0.717) is 25.1 Å². The van der Waals surface area contributed by atoms with E-state index in [1.807, 2.05) is 29.6 Å². The highest BCUT2D eigenvalue weighted by atomic mass is 32.1. The van der Waals surface area contributed by atoms with E-state index in [9.17, 15) is 14.4 Å². The van der Waals surface area contributed by atoms with E-state index in [-0.39, 0.29) is 18.4 Å². The largest absolute Gasteiger partial charge is 0.448 e. The zero-order chi connectivity index (χ0) is 18.5. The van der Waals surface area contributed by atoms with Crippen LogP contribution in [0.25, 0.3) is 0 Å². The van der Waals surface area contributed by atoms with Gasteiger partial charge in [0.2, 0.25) is 5.91 Å². The summed E-state index contributed by atoms with van der Waals surface area (Å²) in [6, 6.07) is 11.0. The van der Waals surface area contributed by atoms with E-state index in [1.54, 1.807) is 30.4 Å². The Morgan fingerprint density at radius 2 is 2.08 bits per heavy atom. The Bertz CT molecular complexity index is 804. The second-order valence-corrected chi connectivity index (χ2v) is 7.00. The third kappa shape index (κ3) is 4.11. The van der Waals surface area contributed by atoms with Crippen LogP contribution in [-0.2, 0) is 27.3 Å². The Balaban J connectivity index is 1.60. The summed E-state index contributed by atoms with van der Waals surface area (Å²) < 4.78 is 5.30. The number of amides is 2.